The Hall–Kier alpha value is -3.44. The minimum Gasteiger partial charge on any atom is -0.512 e. The zero-order valence-corrected chi connectivity index (χ0v) is 22.3. The normalized spacial score (nSPS) is 23.4. The van der Waals surface area contributed by atoms with Crippen LogP contribution in [0, 0.1) is 11.3 Å². The van der Waals surface area contributed by atoms with Crippen LogP contribution in [0.25, 0.3) is 10.2 Å². The number of rotatable bonds is 8. The molecule has 3 N–H and O–H groups in total. The number of nitrogens with one attached hydrogen (secondary N) is 1. The van der Waals surface area contributed by atoms with Crippen LogP contribution in [-0.2, 0) is 10.9 Å². The molecule has 7 nitrogen and oxygen atoms in total. The number of benzene rings is 2. The van der Waals surface area contributed by atoms with Gasteiger partial charge in [0.25, 0.3) is 0 Å². The molecule has 1 aliphatic carbocycles. The Balaban J connectivity index is 1.18. The van der Waals surface area contributed by atoms with Crippen molar-refractivity contribution in [3.63, 3.8) is 0 Å². The average molecular weight is 572 g/mol. The zero-order valence-electron chi connectivity index (χ0n) is 21.4. The van der Waals surface area contributed by atoms with E-state index < -0.39 is 17.7 Å². The second-order valence-corrected chi connectivity index (χ2v) is 11.7. The van der Waals surface area contributed by atoms with E-state index in [-0.39, 0.29) is 58.9 Å². The van der Waals surface area contributed by atoms with Gasteiger partial charge in [0, 0.05) is 29.1 Å². The third-order valence-corrected chi connectivity index (χ3v) is 9.11. The summed E-state index contributed by atoms with van der Waals surface area (Å²) in [4.78, 5) is 18.4. The molecule has 0 radical (unpaired) electrons. The minimum atomic E-state index is -4.62. The number of hydrogen-bond donors (Lipinski definition) is 3. The minimum absolute atomic E-state index is 0.0439. The Morgan fingerprint density at radius 2 is 1.77 bits per heavy atom. The molecular weight excluding hydrogens is 543 g/mol. The molecule has 1 aromatic heterocycles. The Morgan fingerprint density at radius 3 is 2.42 bits per heavy atom. The lowest BCUT2D eigenvalue weighted by Gasteiger charge is -2.38. The molecule has 1 saturated carbocycles. The number of fused-ring (bicyclic) bond motifs is 3. The molecule has 11 heteroatoms. The number of piperidine rings is 1. The van der Waals surface area contributed by atoms with E-state index in [0.29, 0.717) is 12.8 Å². The van der Waals surface area contributed by atoms with Crippen molar-refractivity contribution in [3.8, 4) is 0 Å². The van der Waals surface area contributed by atoms with Crippen LogP contribution in [0.2, 0.25) is 0 Å². The van der Waals surface area contributed by atoms with Crippen LogP contribution in [0.15, 0.2) is 53.8 Å². The van der Waals surface area contributed by atoms with Gasteiger partial charge in [0.1, 0.15) is 5.76 Å². The van der Waals surface area contributed by atoms with Gasteiger partial charge >= 0.3 is 12.1 Å². The molecule has 0 spiro atoms. The van der Waals surface area contributed by atoms with Gasteiger partial charge in [-0.25, -0.2) is 9.78 Å². The highest BCUT2D eigenvalue weighted by atomic mass is 32.1. The van der Waals surface area contributed by atoms with Crippen molar-refractivity contribution < 1.29 is 32.9 Å². The Morgan fingerprint density at radius 1 is 1.07 bits per heavy atom. The van der Waals surface area contributed by atoms with Gasteiger partial charge < -0.3 is 19.8 Å². The summed E-state index contributed by atoms with van der Waals surface area (Å²) in [5.74, 6) is -1.17. The summed E-state index contributed by atoms with van der Waals surface area (Å²) in [7, 11) is 0. The molecule has 3 heterocycles. The molecule has 6 rings (SSSR count). The van der Waals surface area contributed by atoms with Crippen LogP contribution in [-0.4, -0.2) is 51.7 Å². The molecule has 3 fully saturated rings. The maximum Gasteiger partial charge on any atom is 0.417 e. The predicted octanol–water partition coefficient (Wildman–Crippen LogP) is 6.82. The predicted molar refractivity (Wildman–Crippen MR) is 145 cm³/mol. The van der Waals surface area contributed by atoms with Crippen LogP contribution in [0.3, 0.4) is 0 Å². The van der Waals surface area contributed by atoms with Crippen LogP contribution >= 0.6 is 11.3 Å². The molecule has 3 aromatic rings. The number of nitrogens with zero attached hydrogens (tertiary/aromatic N) is 2. The Labute approximate surface area is 232 Å². The summed E-state index contributed by atoms with van der Waals surface area (Å²) in [6.45, 7) is -0.128. The summed E-state index contributed by atoms with van der Waals surface area (Å²) < 4.78 is 48.1. The fourth-order valence-electron chi connectivity index (χ4n) is 5.92. The largest absolute Gasteiger partial charge is 0.512 e. The topological polar surface area (TPSA) is 107 Å². The van der Waals surface area contributed by atoms with Crippen molar-refractivity contribution in [2.75, 3.05) is 11.5 Å². The second kappa shape index (κ2) is 10.2. The molecule has 2 saturated heterocycles. The van der Waals surface area contributed by atoms with E-state index in [1.807, 2.05) is 0 Å². The lowest BCUT2D eigenvalue weighted by atomic mass is 9.95. The number of aromatic carboxylic acids is 1. The number of ether oxygens (including phenoxy) is 1. The van der Waals surface area contributed by atoms with Crippen molar-refractivity contribution in [2.24, 2.45) is 5.92 Å². The van der Waals surface area contributed by atoms with Gasteiger partial charge in [-0.1, -0.05) is 29.5 Å². The van der Waals surface area contributed by atoms with Gasteiger partial charge in [-0.3, -0.25) is 5.41 Å². The number of thiazole rings is 1. The maximum atomic E-state index is 13.7. The summed E-state index contributed by atoms with van der Waals surface area (Å²) in [5.41, 5.74) is -0.427. The molecule has 2 aromatic carbocycles. The van der Waals surface area contributed by atoms with E-state index in [2.05, 4.69) is 4.90 Å². The first-order chi connectivity index (χ1) is 19.1. The number of anilines is 1. The molecule has 2 bridgehead atoms. The van der Waals surface area contributed by atoms with Crippen molar-refractivity contribution in [1.29, 1.82) is 5.41 Å². The highest BCUT2D eigenvalue weighted by Gasteiger charge is 2.43. The maximum absolute atomic E-state index is 13.7. The van der Waals surface area contributed by atoms with Crippen LogP contribution < -0.4 is 4.90 Å². The van der Waals surface area contributed by atoms with Crippen molar-refractivity contribution in [3.05, 3.63) is 70.5 Å². The third-order valence-electron chi connectivity index (χ3n) is 8.08. The van der Waals surface area contributed by atoms with E-state index >= 15 is 0 Å². The second-order valence-electron chi connectivity index (χ2n) is 10.7. The highest BCUT2D eigenvalue weighted by molar-refractivity contribution is 7.22. The van der Waals surface area contributed by atoms with E-state index in [1.165, 1.54) is 29.5 Å². The van der Waals surface area contributed by atoms with Crippen molar-refractivity contribution >= 4 is 38.4 Å². The summed E-state index contributed by atoms with van der Waals surface area (Å²) in [5, 5.41) is 29.7. The summed E-state index contributed by atoms with van der Waals surface area (Å²) in [6, 6.07) is 10.2. The number of halogens is 3. The van der Waals surface area contributed by atoms with E-state index in [4.69, 9.17) is 15.1 Å². The highest BCUT2D eigenvalue weighted by Crippen LogP contribution is 2.44. The molecule has 0 amide bonds. The smallest absolute Gasteiger partial charge is 0.417 e. The van der Waals surface area contributed by atoms with E-state index in [9.17, 15) is 28.2 Å². The number of aliphatic hydroxyl groups is 1. The zero-order chi connectivity index (χ0) is 28.2. The number of hydrogen-bond acceptors (Lipinski definition) is 7. The summed E-state index contributed by atoms with van der Waals surface area (Å²) in [6.07, 6.45) is -0.0319. The standard InChI is InChI=1S/C29H28F3N3O4S/c30-29(31,32)22-4-2-1-3-20(22)25(33)21(26(36)15-5-6-15)14-39-19-12-17-8-9-18(13-19)35(17)28-34-23-10-7-16(27(37)38)11-24(23)40-28/h1-4,7,10-11,15,17-19,33,36H,5-6,8-9,12-14H2,(H,37,38)/b26-21-,33-25?/t17-,18?,19?/m0/s1. The fourth-order valence-corrected chi connectivity index (χ4v) is 7.07. The van der Waals surface area contributed by atoms with Crippen molar-refractivity contribution in [1.82, 2.24) is 4.98 Å². The lowest BCUT2D eigenvalue weighted by molar-refractivity contribution is -0.137. The molecule has 3 atom stereocenters. The monoisotopic (exact) mass is 571 g/mol. The number of aliphatic hydroxyl groups excluding tert-OH is 1. The van der Waals surface area contributed by atoms with Gasteiger partial charge in [-0.05, 0) is 62.8 Å². The van der Waals surface area contributed by atoms with Gasteiger partial charge in [-0.2, -0.15) is 13.2 Å². The van der Waals surface area contributed by atoms with Gasteiger partial charge in [0.2, 0.25) is 0 Å². The van der Waals surface area contributed by atoms with Gasteiger partial charge in [0.05, 0.1) is 39.8 Å². The van der Waals surface area contributed by atoms with Crippen LogP contribution in [0.5, 0.6) is 0 Å². The third kappa shape index (κ3) is 5.08. The molecule has 3 aliphatic rings. The lowest BCUT2D eigenvalue weighted by Crippen LogP contribution is -2.45. The summed E-state index contributed by atoms with van der Waals surface area (Å²) >= 11 is 1.47. The van der Waals surface area contributed by atoms with Gasteiger partial charge in [-0.15, -0.1) is 0 Å². The number of carboxylic acids is 1. The first-order valence-electron chi connectivity index (χ1n) is 13.3. The fraction of sp³-hybridized carbons (Fsp3) is 0.414. The van der Waals surface area contributed by atoms with Gasteiger partial charge in [0.15, 0.2) is 5.13 Å². The number of carbonyl (C=O) groups is 1. The first-order valence-corrected chi connectivity index (χ1v) is 14.1. The van der Waals surface area contributed by atoms with E-state index in [1.54, 1.807) is 18.2 Å². The molecule has 2 aliphatic heterocycles. The molecular formula is C29H28F3N3O4S. The molecule has 210 valence electrons. The Kier molecular flexibility index (Phi) is 6.82. The number of carboxylic acid groups (broad SMARTS) is 1. The number of allylic oxidation sites excluding steroid dienone is 1. The van der Waals surface area contributed by atoms with Crippen molar-refractivity contribution in [2.45, 2.75) is 62.9 Å². The number of alkyl halides is 3. The molecule has 2 unspecified atom stereocenters. The average Bonchev–Trinajstić information content (AvgIpc) is 3.63. The quantitative estimate of drug-likeness (QED) is 0.202. The SMILES string of the molecule is N=C(/C(COC1CC2CC[C@@H](C1)N2c1nc2ccc(C(=O)O)cc2s1)=C(\O)C1CC1)c1ccccc1C(F)(F)F. The van der Waals surface area contributed by atoms with E-state index in [0.717, 1.165) is 47.1 Å². The van der Waals surface area contributed by atoms with Crippen LogP contribution in [0.4, 0.5) is 18.3 Å². The first kappa shape index (κ1) is 26.8. The van der Waals surface area contributed by atoms with Crippen LogP contribution in [0.1, 0.15) is 60.0 Å². The number of aromatic nitrogens is 1. The Bertz CT molecular complexity index is 1500. The molecule has 40 heavy (non-hydrogen) atoms.